The maximum Gasteiger partial charge on any atom is 0.164 e. The Morgan fingerprint density at radius 2 is 2.20 bits per heavy atom. The van der Waals surface area contributed by atoms with Crippen LogP contribution in [0.3, 0.4) is 0 Å². The Labute approximate surface area is 91.5 Å². The molecule has 2 heteroatoms. The van der Waals surface area contributed by atoms with Crippen LogP contribution in [0.2, 0.25) is 0 Å². The van der Waals surface area contributed by atoms with Gasteiger partial charge in [-0.15, -0.1) is 0 Å². The van der Waals surface area contributed by atoms with Gasteiger partial charge in [-0.25, -0.2) is 0 Å². The third kappa shape index (κ3) is 2.52. The van der Waals surface area contributed by atoms with Crippen LogP contribution < -0.4 is 9.47 Å². The minimum absolute atomic E-state index is 0.153. The number of benzene rings is 1. The van der Waals surface area contributed by atoms with Gasteiger partial charge in [0.1, 0.15) is 0 Å². The standard InChI is InChI=1S/C13H17O2/c1-5-10(3)11-8-7-9-12(15-6-2)13(11)14-4/h1,5,7-10H,6H2,2-4H3. The highest BCUT2D eigenvalue weighted by molar-refractivity contribution is 5.49. The molecule has 0 aliphatic heterocycles. The van der Waals surface area contributed by atoms with Crippen molar-refractivity contribution < 1.29 is 9.47 Å². The van der Waals surface area contributed by atoms with Crippen molar-refractivity contribution in [2.24, 2.45) is 0 Å². The molecule has 0 heterocycles. The normalized spacial score (nSPS) is 11.9. The van der Waals surface area contributed by atoms with Crippen molar-refractivity contribution in [3.63, 3.8) is 0 Å². The van der Waals surface area contributed by atoms with Crippen molar-refractivity contribution in [2.45, 2.75) is 19.8 Å². The van der Waals surface area contributed by atoms with Crippen LogP contribution in [-0.4, -0.2) is 13.7 Å². The van der Waals surface area contributed by atoms with Crippen LogP contribution in [0.25, 0.3) is 0 Å². The Morgan fingerprint density at radius 1 is 1.47 bits per heavy atom. The summed E-state index contributed by atoms with van der Waals surface area (Å²) in [5.74, 6) is 1.69. The molecule has 1 atom stereocenters. The van der Waals surface area contributed by atoms with E-state index >= 15 is 0 Å². The van der Waals surface area contributed by atoms with Crippen molar-refractivity contribution in [1.82, 2.24) is 0 Å². The van der Waals surface area contributed by atoms with Crippen LogP contribution in [-0.2, 0) is 0 Å². The van der Waals surface area contributed by atoms with Crippen molar-refractivity contribution >= 4 is 0 Å². The predicted octanol–water partition coefficient (Wildman–Crippen LogP) is 3.19. The molecule has 2 nitrogen and oxygen atoms in total. The molecular weight excluding hydrogens is 188 g/mol. The second-order valence-corrected chi connectivity index (χ2v) is 3.29. The molecule has 1 aromatic rings. The molecule has 1 aromatic carbocycles. The van der Waals surface area contributed by atoms with Crippen molar-refractivity contribution in [2.75, 3.05) is 13.7 Å². The van der Waals surface area contributed by atoms with E-state index in [1.807, 2.05) is 32.0 Å². The summed E-state index contributed by atoms with van der Waals surface area (Å²) in [6.07, 6.45) is 1.65. The molecule has 0 spiro atoms. The molecule has 0 saturated heterocycles. The average molecular weight is 205 g/mol. The lowest BCUT2D eigenvalue weighted by atomic mass is 10.00. The van der Waals surface area contributed by atoms with E-state index in [2.05, 4.69) is 0 Å². The van der Waals surface area contributed by atoms with Gasteiger partial charge in [-0.2, -0.15) is 0 Å². The Kier molecular flexibility index (Phi) is 4.22. The predicted molar refractivity (Wildman–Crippen MR) is 61.4 cm³/mol. The Balaban J connectivity index is 3.15. The lowest BCUT2D eigenvalue weighted by molar-refractivity contribution is 0.309. The van der Waals surface area contributed by atoms with Crippen molar-refractivity contribution in [3.05, 3.63) is 36.4 Å². The van der Waals surface area contributed by atoms with Crippen molar-refractivity contribution in [3.8, 4) is 11.5 Å². The Morgan fingerprint density at radius 3 is 2.73 bits per heavy atom. The van der Waals surface area contributed by atoms with E-state index in [0.29, 0.717) is 6.61 Å². The van der Waals surface area contributed by atoms with Gasteiger partial charge < -0.3 is 9.47 Å². The van der Waals surface area contributed by atoms with Gasteiger partial charge in [0.25, 0.3) is 0 Å². The number of methoxy groups -OCH3 is 1. The summed E-state index contributed by atoms with van der Waals surface area (Å²) < 4.78 is 10.8. The van der Waals surface area contributed by atoms with Gasteiger partial charge in [0.15, 0.2) is 11.5 Å². The van der Waals surface area contributed by atoms with Gasteiger partial charge in [0.05, 0.1) is 13.7 Å². The number of hydrogen-bond acceptors (Lipinski definition) is 2. The SMILES string of the molecule is [CH]=CC(C)c1cccc(OCC)c1OC. The molecule has 81 valence electrons. The smallest absolute Gasteiger partial charge is 0.164 e. The van der Waals surface area contributed by atoms with Gasteiger partial charge >= 0.3 is 0 Å². The van der Waals surface area contributed by atoms with Crippen LogP contribution in [0.4, 0.5) is 0 Å². The summed E-state index contributed by atoms with van der Waals surface area (Å²) in [6.45, 7) is 10.1. The third-order valence-corrected chi connectivity index (χ3v) is 2.29. The fourth-order valence-corrected chi connectivity index (χ4v) is 1.48. The Bertz CT molecular complexity index is 331. The van der Waals surface area contributed by atoms with Crippen LogP contribution in [0.1, 0.15) is 25.3 Å². The maximum atomic E-state index is 5.53. The topological polar surface area (TPSA) is 18.5 Å². The summed E-state index contributed by atoms with van der Waals surface area (Å²) in [6, 6.07) is 5.84. The molecule has 0 aliphatic rings. The molecule has 0 amide bonds. The zero-order chi connectivity index (χ0) is 11.3. The molecule has 0 fully saturated rings. The zero-order valence-corrected chi connectivity index (χ0v) is 9.49. The fraction of sp³-hybridized carbons (Fsp3) is 0.385. The first-order valence-corrected chi connectivity index (χ1v) is 5.09. The average Bonchev–Trinajstić information content (AvgIpc) is 2.28. The van der Waals surface area contributed by atoms with Crippen molar-refractivity contribution in [1.29, 1.82) is 0 Å². The first kappa shape index (κ1) is 11.6. The quantitative estimate of drug-likeness (QED) is 0.735. The molecule has 1 radical (unpaired) electrons. The van der Waals surface area contributed by atoms with E-state index < -0.39 is 0 Å². The summed E-state index contributed by atoms with van der Waals surface area (Å²) >= 11 is 0. The molecule has 0 bridgehead atoms. The largest absolute Gasteiger partial charge is 0.493 e. The molecule has 15 heavy (non-hydrogen) atoms. The highest BCUT2D eigenvalue weighted by atomic mass is 16.5. The molecule has 0 N–H and O–H groups in total. The van der Waals surface area contributed by atoms with Gasteiger partial charge in [-0.3, -0.25) is 0 Å². The molecular formula is C13H17O2. The van der Waals surface area contributed by atoms with E-state index in [1.54, 1.807) is 13.2 Å². The summed E-state index contributed by atoms with van der Waals surface area (Å²) in [5.41, 5.74) is 1.05. The highest BCUT2D eigenvalue weighted by Gasteiger charge is 2.13. The summed E-state index contributed by atoms with van der Waals surface area (Å²) in [4.78, 5) is 0. The van der Waals surface area contributed by atoms with Gasteiger partial charge in [0, 0.05) is 11.5 Å². The van der Waals surface area contributed by atoms with E-state index in [1.165, 1.54) is 0 Å². The highest BCUT2D eigenvalue weighted by Crippen LogP contribution is 2.35. The molecule has 1 unspecified atom stereocenters. The number of ether oxygens (including phenoxy) is 2. The second-order valence-electron chi connectivity index (χ2n) is 3.29. The third-order valence-electron chi connectivity index (χ3n) is 2.29. The first-order valence-electron chi connectivity index (χ1n) is 5.09. The maximum absolute atomic E-state index is 5.53. The molecule has 0 aromatic heterocycles. The van der Waals surface area contributed by atoms with E-state index in [9.17, 15) is 0 Å². The minimum Gasteiger partial charge on any atom is -0.493 e. The Hall–Kier alpha value is -1.44. The van der Waals surface area contributed by atoms with Crippen LogP contribution >= 0.6 is 0 Å². The summed E-state index contributed by atoms with van der Waals surface area (Å²) in [7, 11) is 1.64. The lowest BCUT2D eigenvalue weighted by Gasteiger charge is -2.15. The lowest BCUT2D eigenvalue weighted by Crippen LogP contribution is -2.00. The monoisotopic (exact) mass is 205 g/mol. The fourth-order valence-electron chi connectivity index (χ4n) is 1.48. The van der Waals surface area contributed by atoms with Crippen LogP contribution in [0.5, 0.6) is 11.5 Å². The van der Waals surface area contributed by atoms with Gasteiger partial charge in [0.2, 0.25) is 0 Å². The first-order chi connectivity index (χ1) is 7.24. The van der Waals surface area contributed by atoms with E-state index in [4.69, 9.17) is 16.1 Å². The van der Waals surface area contributed by atoms with Gasteiger partial charge in [-0.1, -0.05) is 31.7 Å². The molecule has 0 saturated carbocycles. The molecule has 0 aliphatic carbocycles. The number of para-hydroxylation sites is 1. The number of allylic oxidation sites excluding steroid dienone is 1. The van der Waals surface area contributed by atoms with E-state index in [-0.39, 0.29) is 5.92 Å². The van der Waals surface area contributed by atoms with Crippen LogP contribution in [0.15, 0.2) is 24.3 Å². The minimum atomic E-state index is 0.153. The van der Waals surface area contributed by atoms with Gasteiger partial charge in [-0.05, 0) is 13.0 Å². The summed E-state index contributed by atoms with van der Waals surface area (Å²) in [5, 5.41) is 0. The number of rotatable bonds is 5. The van der Waals surface area contributed by atoms with E-state index in [0.717, 1.165) is 17.1 Å². The second kappa shape index (κ2) is 5.44. The van der Waals surface area contributed by atoms with Crippen LogP contribution in [0, 0.1) is 6.58 Å². The number of hydrogen-bond donors (Lipinski definition) is 0. The zero-order valence-electron chi connectivity index (χ0n) is 9.49. The molecule has 1 rings (SSSR count).